The molecule has 0 amide bonds. The standard InChI is InChI=1S/C16H17BrO5/c1-4-21-16(19)15-9(2)22-14(18)8-11(15)10-5-6-13(20-3)12(17)7-10/h5-7,9H,4,8H2,1-3H3. The van der Waals surface area contributed by atoms with Gasteiger partial charge in [0.1, 0.15) is 11.9 Å². The Balaban J connectivity index is 2.54. The molecule has 6 heteroatoms. The molecule has 0 saturated heterocycles. The van der Waals surface area contributed by atoms with Gasteiger partial charge in [0.25, 0.3) is 0 Å². The quantitative estimate of drug-likeness (QED) is 0.764. The van der Waals surface area contributed by atoms with Crippen LogP contribution in [0.4, 0.5) is 0 Å². The Bertz CT molecular complexity index is 635. The number of carbonyl (C=O) groups is 2. The van der Waals surface area contributed by atoms with E-state index in [2.05, 4.69) is 15.9 Å². The van der Waals surface area contributed by atoms with Gasteiger partial charge in [-0.2, -0.15) is 0 Å². The zero-order chi connectivity index (χ0) is 16.3. The fourth-order valence-electron chi connectivity index (χ4n) is 2.39. The molecule has 0 bridgehead atoms. The largest absolute Gasteiger partial charge is 0.496 e. The van der Waals surface area contributed by atoms with Crippen molar-refractivity contribution < 1.29 is 23.8 Å². The highest BCUT2D eigenvalue weighted by Crippen LogP contribution is 2.35. The molecule has 1 unspecified atom stereocenters. The van der Waals surface area contributed by atoms with E-state index in [-0.39, 0.29) is 19.0 Å². The van der Waals surface area contributed by atoms with Crippen LogP contribution in [-0.2, 0) is 19.1 Å². The second-order valence-electron chi connectivity index (χ2n) is 4.77. The molecule has 0 aliphatic carbocycles. The molecule has 1 heterocycles. The van der Waals surface area contributed by atoms with Crippen molar-refractivity contribution in [2.75, 3.05) is 13.7 Å². The van der Waals surface area contributed by atoms with E-state index in [0.29, 0.717) is 16.9 Å². The van der Waals surface area contributed by atoms with Gasteiger partial charge in [0.05, 0.1) is 30.2 Å². The number of benzene rings is 1. The predicted octanol–water partition coefficient (Wildman–Crippen LogP) is 3.11. The number of rotatable bonds is 4. The lowest BCUT2D eigenvalue weighted by molar-refractivity contribution is -0.149. The molecule has 1 aliphatic rings. The molecule has 0 spiro atoms. The van der Waals surface area contributed by atoms with Crippen molar-refractivity contribution >= 4 is 33.4 Å². The van der Waals surface area contributed by atoms with Crippen molar-refractivity contribution in [1.29, 1.82) is 0 Å². The Morgan fingerprint density at radius 3 is 2.77 bits per heavy atom. The van der Waals surface area contributed by atoms with Gasteiger partial charge in [-0.1, -0.05) is 6.07 Å². The smallest absolute Gasteiger partial charge is 0.338 e. The van der Waals surface area contributed by atoms with Gasteiger partial charge in [-0.3, -0.25) is 4.79 Å². The summed E-state index contributed by atoms with van der Waals surface area (Å²) in [6, 6.07) is 5.40. The lowest BCUT2D eigenvalue weighted by Gasteiger charge is -2.25. The molecule has 5 nitrogen and oxygen atoms in total. The summed E-state index contributed by atoms with van der Waals surface area (Å²) < 4.78 is 16.2. The van der Waals surface area contributed by atoms with E-state index in [0.717, 1.165) is 10.0 Å². The minimum absolute atomic E-state index is 0.0389. The van der Waals surface area contributed by atoms with Gasteiger partial charge < -0.3 is 14.2 Å². The molecule has 1 aromatic carbocycles. The lowest BCUT2D eigenvalue weighted by atomic mass is 9.92. The average Bonchev–Trinajstić information content (AvgIpc) is 2.46. The minimum Gasteiger partial charge on any atom is -0.496 e. The minimum atomic E-state index is -0.629. The third kappa shape index (κ3) is 3.32. The first-order valence-corrected chi connectivity index (χ1v) is 7.70. The van der Waals surface area contributed by atoms with Crippen LogP contribution < -0.4 is 4.74 Å². The van der Waals surface area contributed by atoms with Gasteiger partial charge in [0.2, 0.25) is 0 Å². The van der Waals surface area contributed by atoms with Gasteiger partial charge in [0, 0.05) is 0 Å². The van der Waals surface area contributed by atoms with Gasteiger partial charge in [-0.25, -0.2) is 4.79 Å². The number of methoxy groups -OCH3 is 1. The second-order valence-corrected chi connectivity index (χ2v) is 5.63. The molecule has 118 valence electrons. The molecule has 0 aromatic heterocycles. The molecular weight excluding hydrogens is 352 g/mol. The Labute approximate surface area is 137 Å². The maximum Gasteiger partial charge on any atom is 0.338 e. The van der Waals surface area contributed by atoms with Crippen LogP contribution in [0.15, 0.2) is 28.2 Å². The van der Waals surface area contributed by atoms with Crippen molar-refractivity contribution in [3.05, 3.63) is 33.8 Å². The lowest BCUT2D eigenvalue weighted by Crippen LogP contribution is -2.29. The number of halogens is 1. The number of hydrogen-bond acceptors (Lipinski definition) is 5. The van der Waals surface area contributed by atoms with Gasteiger partial charge >= 0.3 is 11.9 Å². The van der Waals surface area contributed by atoms with Crippen LogP contribution in [0.3, 0.4) is 0 Å². The summed E-state index contributed by atoms with van der Waals surface area (Å²) in [4.78, 5) is 23.9. The Morgan fingerprint density at radius 1 is 1.45 bits per heavy atom. The Kier molecular flexibility index (Phi) is 5.24. The Hall–Kier alpha value is -1.82. The summed E-state index contributed by atoms with van der Waals surface area (Å²) >= 11 is 3.41. The summed E-state index contributed by atoms with van der Waals surface area (Å²) in [6.07, 6.45) is -0.590. The maximum absolute atomic E-state index is 12.2. The highest BCUT2D eigenvalue weighted by Gasteiger charge is 2.32. The highest BCUT2D eigenvalue weighted by atomic mass is 79.9. The first-order chi connectivity index (χ1) is 10.5. The molecule has 0 N–H and O–H groups in total. The Morgan fingerprint density at radius 2 is 2.18 bits per heavy atom. The summed E-state index contributed by atoms with van der Waals surface area (Å²) in [5.41, 5.74) is 1.78. The molecule has 1 aromatic rings. The van der Waals surface area contributed by atoms with Gasteiger partial charge in [-0.15, -0.1) is 0 Å². The topological polar surface area (TPSA) is 61.8 Å². The molecule has 0 fully saturated rings. The van der Waals surface area contributed by atoms with Gasteiger partial charge in [-0.05, 0) is 53.0 Å². The van der Waals surface area contributed by atoms with E-state index in [4.69, 9.17) is 14.2 Å². The molecule has 1 aliphatic heterocycles. The molecule has 22 heavy (non-hydrogen) atoms. The van der Waals surface area contributed by atoms with Crippen molar-refractivity contribution in [2.24, 2.45) is 0 Å². The predicted molar refractivity (Wildman–Crippen MR) is 84.4 cm³/mol. The number of carbonyl (C=O) groups excluding carboxylic acids is 2. The molecule has 0 radical (unpaired) electrons. The van der Waals surface area contributed by atoms with Crippen molar-refractivity contribution in [3.63, 3.8) is 0 Å². The first kappa shape index (κ1) is 16.5. The molecule has 1 atom stereocenters. The first-order valence-electron chi connectivity index (χ1n) is 6.91. The van der Waals surface area contributed by atoms with Crippen molar-refractivity contribution in [1.82, 2.24) is 0 Å². The molecule has 0 saturated carbocycles. The third-order valence-corrected chi connectivity index (χ3v) is 3.98. The highest BCUT2D eigenvalue weighted by molar-refractivity contribution is 9.10. The zero-order valence-electron chi connectivity index (χ0n) is 12.6. The van der Waals surface area contributed by atoms with Crippen LogP contribution in [0.25, 0.3) is 5.57 Å². The summed E-state index contributed by atoms with van der Waals surface area (Å²) in [5, 5.41) is 0. The fourth-order valence-corrected chi connectivity index (χ4v) is 2.93. The average molecular weight is 369 g/mol. The zero-order valence-corrected chi connectivity index (χ0v) is 14.2. The molecule has 2 rings (SSSR count). The van der Waals surface area contributed by atoms with E-state index in [1.165, 1.54) is 0 Å². The van der Waals surface area contributed by atoms with Crippen LogP contribution in [0.5, 0.6) is 5.75 Å². The van der Waals surface area contributed by atoms with Crippen LogP contribution >= 0.6 is 15.9 Å². The number of hydrogen-bond donors (Lipinski definition) is 0. The van der Waals surface area contributed by atoms with E-state index in [9.17, 15) is 9.59 Å². The second kappa shape index (κ2) is 6.96. The SMILES string of the molecule is CCOC(=O)C1=C(c2ccc(OC)c(Br)c2)CC(=O)OC1C. The number of cyclic esters (lactones) is 1. The van der Waals surface area contributed by atoms with Crippen LogP contribution in [-0.4, -0.2) is 31.8 Å². The maximum atomic E-state index is 12.2. The van der Waals surface area contributed by atoms with E-state index in [1.54, 1.807) is 27.0 Å². The fraction of sp³-hybridized carbons (Fsp3) is 0.375. The van der Waals surface area contributed by atoms with Crippen molar-refractivity contribution in [3.8, 4) is 5.75 Å². The van der Waals surface area contributed by atoms with E-state index in [1.807, 2.05) is 12.1 Å². The van der Waals surface area contributed by atoms with Crippen LogP contribution in [0, 0.1) is 0 Å². The molecular formula is C16H17BrO5. The van der Waals surface area contributed by atoms with Crippen LogP contribution in [0.1, 0.15) is 25.8 Å². The summed E-state index contributed by atoms with van der Waals surface area (Å²) in [5.74, 6) is -0.139. The van der Waals surface area contributed by atoms with E-state index >= 15 is 0 Å². The third-order valence-electron chi connectivity index (χ3n) is 3.36. The normalized spacial score (nSPS) is 18.0. The summed E-state index contributed by atoms with van der Waals surface area (Å²) in [7, 11) is 1.57. The van der Waals surface area contributed by atoms with Gasteiger partial charge in [0.15, 0.2) is 0 Å². The number of esters is 2. The van der Waals surface area contributed by atoms with Crippen LogP contribution in [0.2, 0.25) is 0 Å². The van der Waals surface area contributed by atoms with E-state index < -0.39 is 12.1 Å². The monoisotopic (exact) mass is 368 g/mol. The summed E-state index contributed by atoms with van der Waals surface area (Å²) in [6.45, 7) is 3.67. The number of ether oxygens (including phenoxy) is 3. The van der Waals surface area contributed by atoms with Crippen molar-refractivity contribution in [2.45, 2.75) is 26.4 Å².